The van der Waals surface area contributed by atoms with Gasteiger partial charge in [0.1, 0.15) is 0 Å². The van der Waals surface area contributed by atoms with E-state index >= 15 is 0 Å². The molecule has 6 aromatic carbocycles. The average Bonchev–Trinajstić information content (AvgIpc) is 4.09. The number of aliphatic hydroxyl groups is 4. The third kappa shape index (κ3) is 16.3. The number of hydrogen-bond donors (Lipinski definition) is 4. The van der Waals surface area contributed by atoms with Crippen LogP contribution in [0.1, 0.15) is 155 Å². The zero-order valence-corrected chi connectivity index (χ0v) is 44.6. The molecule has 6 aromatic rings. The molecule has 0 aliphatic carbocycles. The van der Waals surface area contributed by atoms with Gasteiger partial charge in [0.05, 0.1) is 0 Å². The Morgan fingerprint density at radius 1 is 0.319 bits per heavy atom. The first kappa shape index (κ1) is 57.2. The molecule has 2 saturated heterocycles. The van der Waals surface area contributed by atoms with Crippen LogP contribution in [0.25, 0.3) is 44.5 Å². The molecule has 0 saturated carbocycles. The summed E-state index contributed by atoms with van der Waals surface area (Å²) in [6.45, 7) is 30.2. The Hall–Kier alpha value is -4.40. The first-order valence-electron chi connectivity index (χ1n) is 24.5. The number of rotatable bonds is 6. The first-order valence-corrected chi connectivity index (χ1v) is 24.5. The van der Waals surface area contributed by atoms with Gasteiger partial charge in [0, 0.05) is 54.6 Å². The maximum Gasteiger partial charge on any atom is 0.179 e. The van der Waals surface area contributed by atoms with Crippen molar-refractivity contribution in [1.29, 1.82) is 0 Å². The molecule has 0 atom stereocenters. The van der Waals surface area contributed by atoms with Crippen LogP contribution in [0.15, 0.2) is 133 Å². The molecule has 0 bridgehead atoms. The monoisotopic (exact) mass is 977 g/mol. The summed E-state index contributed by atoms with van der Waals surface area (Å²) in [5.41, 5.74) is 13.7. The van der Waals surface area contributed by atoms with E-state index in [0.29, 0.717) is 11.1 Å². The van der Waals surface area contributed by atoms with E-state index in [2.05, 4.69) is 180 Å². The van der Waals surface area contributed by atoms with Gasteiger partial charge in [0.25, 0.3) is 0 Å². The van der Waals surface area contributed by atoms with Crippen molar-refractivity contribution in [2.75, 3.05) is 26.4 Å². The molecule has 8 rings (SSSR count). The van der Waals surface area contributed by atoms with E-state index < -0.39 is 12.6 Å². The smallest absolute Gasteiger partial charge is 0.179 e. The molecule has 7 heteroatoms. The van der Waals surface area contributed by atoms with Gasteiger partial charge in [-0.25, -0.2) is 0 Å². The first-order chi connectivity index (χ1) is 32.0. The van der Waals surface area contributed by atoms with Crippen LogP contribution >= 0.6 is 0 Å². The summed E-state index contributed by atoms with van der Waals surface area (Å²) < 4.78 is 9.89. The minimum atomic E-state index is -1.55. The predicted molar refractivity (Wildman–Crippen MR) is 284 cm³/mol. The molecule has 0 radical (unpaired) electrons. The van der Waals surface area contributed by atoms with Crippen molar-refractivity contribution < 1.29 is 47.0 Å². The minimum absolute atomic E-state index is 0. The third-order valence-corrected chi connectivity index (χ3v) is 12.6. The maximum atomic E-state index is 10.2. The van der Waals surface area contributed by atoms with Crippen LogP contribution in [0.2, 0.25) is 0 Å². The number of aliphatic hydroxyl groups excluding tert-OH is 2. The van der Waals surface area contributed by atoms with E-state index in [4.69, 9.17) is 9.47 Å². The van der Waals surface area contributed by atoms with Gasteiger partial charge in [-0.2, -0.15) is 0 Å². The van der Waals surface area contributed by atoms with Gasteiger partial charge in [0.2, 0.25) is 0 Å². The fraction of sp³-hybridized carbons (Fsp3) is 0.419. The number of ether oxygens (including phenoxy) is 2. The van der Waals surface area contributed by atoms with Crippen LogP contribution in [0.5, 0.6) is 0 Å². The quantitative estimate of drug-likeness (QED) is 0.0980. The fourth-order valence-corrected chi connectivity index (χ4v) is 8.31. The zero-order valence-electron chi connectivity index (χ0n) is 43.5. The molecule has 372 valence electrons. The van der Waals surface area contributed by atoms with Crippen molar-refractivity contribution in [3.05, 3.63) is 167 Å². The van der Waals surface area contributed by atoms with Crippen LogP contribution in [-0.2, 0) is 48.2 Å². The minimum Gasteiger partial charge on any atom is -0.381 e. The molecular weight excluding hydrogens is 897 g/mol. The Labute approximate surface area is 425 Å². The molecule has 2 heterocycles. The van der Waals surface area contributed by atoms with Gasteiger partial charge in [0.15, 0.2) is 12.6 Å². The van der Waals surface area contributed by atoms with E-state index in [1.807, 2.05) is 36.4 Å². The third-order valence-electron chi connectivity index (χ3n) is 12.6. The van der Waals surface area contributed by atoms with Gasteiger partial charge < -0.3 is 29.9 Å². The van der Waals surface area contributed by atoms with Crippen LogP contribution in [0, 0.1) is 0 Å². The predicted octanol–water partition coefficient (Wildman–Crippen LogP) is 14.8. The van der Waals surface area contributed by atoms with Crippen LogP contribution in [-0.4, -0.2) is 46.9 Å². The van der Waals surface area contributed by atoms with E-state index in [1.165, 1.54) is 47.9 Å². The largest absolute Gasteiger partial charge is 0.381 e. The molecule has 2 fully saturated rings. The molecule has 0 unspecified atom stereocenters. The normalized spacial score (nSPS) is 13.9. The topological polar surface area (TPSA) is 99.4 Å². The Balaban J connectivity index is 0.000000246. The van der Waals surface area contributed by atoms with Crippen LogP contribution in [0.4, 0.5) is 0 Å². The second kappa shape index (κ2) is 25.1. The van der Waals surface area contributed by atoms with Crippen molar-refractivity contribution in [2.24, 2.45) is 0 Å². The summed E-state index contributed by atoms with van der Waals surface area (Å²) in [5, 5.41) is 40.9. The van der Waals surface area contributed by atoms with Gasteiger partial charge in [-0.1, -0.05) is 217 Å². The number of benzene rings is 6. The standard InChI is InChI=1S/2C27H32O2.2C4H8O.Fe/c2*1-26(2,3)20-14-10-18(11-15-20)22-8-7-9-23(24(22)25(28)29)19-12-16-21(17-13-19)27(4,5)6;2*1-2-4-5-3-1;/h2*7-17,25,28-29H,1-6H3;2*1-4H2;. The molecular formula is C62H80FeO6. The van der Waals surface area contributed by atoms with Crippen molar-refractivity contribution in [3.8, 4) is 44.5 Å². The summed E-state index contributed by atoms with van der Waals surface area (Å²) in [6, 6.07) is 45.2. The molecule has 4 N–H and O–H groups in total. The fourth-order valence-electron chi connectivity index (χ4n) is 8.31. The average molecular weight is 977 g/mol. The van der Waals surface area contributed by atoms with Crippen LogP contribution in [0.3, 0.4) is 0 Å². The van der Waals surface area contributed by atoms with Crippen molar-refractivity contribution in [3.63, 3.8) is 0 Å². The van der Waals surface area contributed by atoms with Gasteiger partial charge in [-0.05, 0) is 114 Å². The Morgan fingerprint density at radius 2 is 0.507 bits per heavy atom. The second-order valence-electron chi connectivity index (χ2n) is 22.2. The summed E-state index contributed by atoms with van der Waals surface area (Å²) in [4.78, 5) is 0. The Morgan fingerprint density at radius 3 is 0.638 bits per heavy atom. The molecule has 2 aliphatic rings. The van der Waals surface area contributed by atoms with Crippen molar-refractivity contribution in [1.82, 2.24) is 0 Å². The second-order valence-corrected chi connectivity index (χ2v) is 22.2. The van der Waals surface area contributed by atoms with Gasteiger partial charge >= 0.3 is 0 Å². The Bertz CT molecular complexity index is 2110. The van der Waals surface area contributed by atoms with Crippen LogP contribution < -0.4 is 0 Å². The summed E-state index contributed by atoms with van der Waals surface area (Å²) >= 11 is 0. The van der Waals surface area contributed by atoms with E-state index in [9.17, 15) is 20.4 Å². The molecule has 0 amide bonds. The molecule has 6 nitrogen and oxygen atoms in total. The van der Waals surface area contributed by atoms with Crippen molar-refractivity contribution in [2.45, 2.75) is 143 Å². The molecule has 0 aromatic heterocycles. The SMILES string of the molecule is C1CCOC1.C1CCOC1.CC(C)(C)c1ccc(-c2cccc(-c3ccc(C(C)(C)C)cc3)c2C(O)O)cc1.CC(C)(C)c1ccc(-c2cccc(-c3ccc(C(C)(C)C)cc3)c2C(O)O)cc1.[Fe]. The zero-order chi connectivity index (χ0) is 49.9. The van der Waals surface area contributed by atoms with Gasteiger partial charge in [-0.15, -0.1) is 0 Å². The molecule has 0 spiro atoms. The van der Waals surface area contributed by atoms with E-state index in [0.717, 1.165) is 70.9 Å². The summed E-state index contributed by atoms with van der Waals surface area (Å²) in [5.74, 6) is 0. The van der Waals surface area contributed by atoms with Crippen molar-refractivity contribution >= 4 is 0 Å². The van der Waals surface area contributed by atoms with E-state index in [-0.39, 0.29) is 38.7 Å². The Kier molecular flexibility index (Phi) is 20.8. The number of hydrogen-bond acceptors (Lipinski definition) is 6. The summed E-state index contributed by atoms with van der Waals surface area (Å²) in [7, 11) is 0. The molecule has 2 aliphatic heterocycles. The molecule has 69 heavy (non-hydrogen) atoms. The maximum absolute atomic E-state index is 10.2. The van der Waals surface area contributed by atoms with E-state index in [1.54, 1.807) is 0 Å². The summed E-state index contributed by atoms with van der Waals surface area (Å²) in [6.07, 6.45) is 2.01. The van der Waals surface area contributed by atoms with Gasteiger partial charge in [-0.3, -0.25) is 0 Å².